The van der Waals surface area contributed by atoms with E-state index in [1.165, 1.54) is 0 Å². The summed E-state index contributed by atoms with van der Waals surface area (Å²) in [5, 5.41) is 0. The fourth-order valence-electron chi connectivity index (χ4n) is 0. The molecule has 0 radical (unpaired) electrons. The predicted molar refractivity (Wildman–Crippen MR) is 39.9 cm³/mol. The van der Waals surface area contributed by atoms with E-state index in [0.717, 1.165) is 0 Å². The van der Waals surface area contributed by atoms with Gasteiger partial charge in [0.2, 0.25) is 0 Å². The molecule has 12 nitrogen and oxygen atoms in total. The second-order valence-corrected chi connectivity index (χ2v) is 3.92. The molecule has 0 aliphatic heterocycles. The molecule has 0 saturated heterocycles. The van der Waals surface area contributed by atoms with E-state index < -0.39 is 28.6 Å². The molecule has 0 saturated carbocycles. The Kier molecular flexibility index (Phi) is 34.6. The molecule has 18 heavy (non-hydrogen) atoms. The molecule has 18 heteroatoms. The van der Waals surface area contributed by atoms with Crippen molar-refractivity contribution in [2.45, 2.75) is 0 Å². The monoisotopic (exact) mass is 376 g/mol. The molecule has 0 aromatic carbocycles. The fraction of sp³-hybridized carbons (Fsp3) is 0. The molecule has 0 aliphatic rings. The molecular formula is H3KMgNaO12PS2. The summed E-state index contributed by atoms with van der Waals surface area (Å²) >= 11 is 0. The van der Waals surface area contributed by atoms with Crippen LogP contribution in [-0.4, -0.2) is 67.9 Å². The molecule has 0 aliphatic carbocycles. The van der Waals surface area contributed by atoms with Crippen molar-refractivity contribution in [3.8, 4) is 0 Å². The maximum absolute atomic E-state index is 8.77. The standard InChI is InChI=1S/K.Mg.Na.H3O4P.2H2O4S/c;;;3*1-5(2,3)4/h;;;(H3,1,2,3,4);2*(H2,1,2,3,4)/q+1;+2;+1;;;/p-4. The molecule has 0 rings (SSSR count). The van der Waals surface area contributed by atoms with E-state index in [-0.39, 0.29) is 105 Å². The van der Waals surface area contributed by atoms with Gasteiger partial charge in [-0.2, -0.15) is 0 Å². The van der Waals surface area contributed by atoms with Gasteiger partial charge in [-0.3, -0.25) is 21.4 Å². The smallest absolute Gasteiger partial charge is 0.759 e. The quantitative estimate of drug-likeness (QED) is 0.173. The van der Waals surface area contributed by atoms with Gasteiger partial charge in [0.15, 0.2) is 0 Å². The first-order chi connectivity index (χ1) is 6.00. The van der Waals surface area contributed by atoms with E-state index in [2.05, 4.69) is 0 Å². The summed E-state index contributed by atoms with van der Waals surface area (Å²) in [6.45, 7) is 0. The Morgan fingerprint density at radius 2 is 0.889 bits per heavy atom. The summed E-state index contributed by atoms with van der Waals surface area (Å²) in [5.74, 6) is 0. The molecule has 96 valence electrons. The van der Waals surface area contributed by atoms with E-state index in [1.807, 2.05) is 0 Å². The predicted octanol–water partition coefficient (Wildman–Crippen LogP) is -10.5. The van der Waals surface area contributed by atoms with Crippen LogP contribution in [0.4, 0.5) is 0 Å². The molecule has 0 bridgehead atoms. The molecule has 0 aromatic heterocycles. The van der Waals surface area contributed by atoms with Crippen LogP contribution in [0.5, 0.6) is 0 Å². The van der Waals surface area contributed by atoms with Gasteiger partial charge in [0.25, 0.3) is 7.82 Å². The van der Waals surface area contributed by atoms with E-state index in [4.69, 9.17) is 54.3 Å². The maximum Gasteiger partial charge on any atom is 2.00 e. The van der Waals surface area contributed by atoms with Gasteiger partial charge in [0, 0.05) is 20.8 Å². The van der Waals surface area contributed by atoms with Crippen LogP contribution in [0.1, 0.15) is 1.43 Å². The van der Waals surface area contributed by atoms with Crippen molar-refractivity contribution < 1.29 is 137 Å². The van der Waals surface area contributed by atoms with Crippen molar-refractivity contribution in [1.82, 2.24) is 0 Å². The minimum absolute atomic E-state index is 0. The van der Waals surface area contributed by atoms with Crippen molar-refractivity contribution in [3.63, 3.8) is 0 Å². The summed E-state index contributed by atoms with van der Waals surface area (Å²) in [6.07, 6.45) is 0. The van der Waals surface area contributed by atoms with Gasteiger partial charge < -0.3 is 32.9 Å². The normalized spacial score (nSPS) is 9.72. The first-order valence-electron chi connectivity index (χ1n) is 2.10. The molecule has 0 aromatic rings. The summed E-state index contributed by atoms with van der Waals surface area (Å²) < 4.78 is 76.9. The van der Waals surface area contributed by atoms with Crippen LogP contribution in [0, 0.1) is 0 Å². The van der Waals surface area contributed by atoms with E-state index >= 15 is 0 Å². The number of hydrogen-bond donors (Lipinski definition) is 2. The van der Waals surface area contributed by atoms with Gasteiger partial charge in [-0.25, -0.2) is 0 Å². The minimum atomic E-state index is -5.17. The molecule has 2 N–H and O–H groups in total. The molecule has 0 unspecified atom stereocenters. The molecule has 0 amide bonds. The first-order valence-corrected chi connectivity index (χ1v) is 6.30. The third-order valence-corrected chi connectivity index (χ3v) is 0. The van der Waals surface area contributed by atoms with Crippen LogP contribution < -0.4 is 85.8 Å². The van der Waals surface area contributed by atoms with Crippen LogP contribution in [0.15, 0.2) is 0 Å². The van der Waals surface area contributed by atoms with Crippen molar-refractivity contribution in [3.05, 3.63) is 0 Å². The Balaban J connectivity index is -0.0000000206. The van der Waals surface area contributed by atoms with E-state index in [1.54, 1.807) is 0 Å². The van der Waals surface area contributed by atoms with Crippen molar-refractivity contribution in [2.24, 2.45) is 0 Å². The van der Waals surface area contributed by atoms with Crippen molar-refractivity contribution in [2.75, 3.05) is 0 Å². The summed E-state index contributed by atoms with van der Waals surface area (Å²) in [6, 6.07) is 0. The summed E-state index contributed by atoms with van der Waals surface area (Å²) in [4.78, 5) is 22.9. The SMILES string of the molecule is O=P([O-])(O)O.O=S(=O)([O-])[O-].O=S(=O)([O-])[O-].[H+].[K+].[Mg+2].[Na+]. The van der Waals surface area contributed by atoms with Gasteiger partial charge in [0.1, 0.15) is 0 Å². The van der Waals surface area contributed by atoms with Gasteiger partial charge in [-0.05, 0) is 0 Å². The Hall–Kier alpha value is 3.25. The van der Waals surface area contributed by atoms with Crippen LogP contribution >= 0.6 is 7.82 Å². The second-order valence-electron chi connectivity index (χ2n) is 1.31. The molecular weight excluding hydrogens is 373 g/mol. The average molecular weight is 377 g/mol. The Morgan fingerprint density at radius 1 is 0.889 bits per heavy atom. The zero-order chi connectivity index (χ0) is 13.5. The molecule has 0 spiro atoms. The third-order valence-electron chi connectivity index (χ3n) is 0. The fourth-order valence-corrected chi connectivity index (χ4v) is 0. The van der Waals surface area contributed by atoms with Crippen LogP contribution in [0.3, 0.4) is 0 Å². The average Bonchev–Trinajstić information content (AvgIpc) is 1.41. The topological polar surface area (TPSA) is 241 Å². The number of rotatable bonds is 0. The molecule has 0 fully saturated rings. The van der Waals surface area contributed by atoms with Crippen molar-refractivity contribution in [1.29, 1.82) is 0 Å². The van der Waals surface area contributed by atoms with Gasteiger partial charge in [-0.15, -0.1) is 0 Å². The third kappa shape index (κ3) is 606. The minimum Gasteiger partial charge on any atom is -0.759 e. The maximum atomic E-state index is 8.77. The van der Waals surface area contributed by atoms with Crippen LogP contribution in [0.25, 0.3) is 0 Å². The molecule has 0 atom stereocenters. The van der Waals surface area contributed by atoms with Crippen LogP contribution in [-0.2, 0) is 25.4 Å². The largest absolute Gasteiger partial charge is 2.00 e. The zero-order valence-corrected chi connectivity index (χ0v) is 18.0. The summed E-state index contributed by atoms with van der Waals surface area (Å²) in [5.41, 5.74) is 0. The van der Waals surface area contributed by atoms with E-state index in [9.17, 15) is 0 Å². The second kappa shape index (κ2) is 16.6. The van der Waals surface area contributed by atoms with Gasteiger partial charge >= 0.3 is 105 Å². The van der Waals surface area contributed by atoms with Gasteiger partial charge in [-0.1, -0.05) is 0 Å². The Morgan fingerprint density at radius 3 is 0.889 bits per heavy atom. The Bertz CT molecular complexity index is 343. The molecule has 0 heterocycles. The first kappa shape index (κ1) is 37.5. The van der Waals surface area contributed by atoms with E-state index in [0.29, 0.717) is 0 Å². The van der Waals surface area contributed by atoms with Crippen molar-refractivity contribution >= 4 is 51.7 Å². The Labute approximate surface area is 185 Å². The zero-order valence-electron chi connectivity index (χ0n) is 9.95. The summed E-state index contributed by atoms with van der Waals surface area (Å²) in [7, 11) is -15.2. The number of hydrogen-bond acceptors (Lipinski definition) is 10. The number of phosphoric acid groups is 1. The van der Waals surface area contributed by atoms with Crippen LogP contribution in [0.2, 0.25) is 0 Å². The van der Waals surface area contributed by atoms with Gasteiger partial charge in [0.05, 0.1) is 0 Å².